The summed E-state index contributed by atoms with van der Waals surface area (Å²) in [6.45, 7) is 8.31. The van der Waals surface area contributed by atoms with E-state index in [-0.39, 0.29) is 6.10 Å². The number of para-hydroxylation sites is 1. The highest BCUT2D eigenvalue weighted by Crippen LogP contribution is 2.22. The zero-order chi connectivity index (χ0) is 22.3. The van der Waals surface area contributed by atoms with Gasteiger partial charge >= 0.3 is 0 Å². The third-order valence-corrected chi connectivity index (χ3v) is 6.01. The number of aliphatic imine (C=N–C) groups is 1. The van der Waals surface area contributed by atoms with Crippen LogP contribution in [0.3, 0.4) is 0 Å². The van der Waals surface area contributed by atoms with Gasteiger partial charge < -0.3 is 25.3 Å². The summed E-state index contributed by atoms with van der Waals surface area (Å²) in [7, 11) is 1.81. The topological polar surface area (TPSA) is 77.6 Å². The van der Waals surface area contributed by atoms with E-state index >= 15 is 0 Å². The number of hydrogen-bond acceptors (Lipinski definition) is 4. The molecule has 0 spiro atoms. The quantitative estimate of drug-likeness (QED) is 0.393. The van der Waals surface area contributed by atoms with Crippen LogP contribution in [0, 0.1) is 0 Å². The van der Waals surface area contributed by atoms with E-state index in [2.05, 4.69) is 74.8 Å². The average molecular weight is 435 g/mol. The molecule has 7 nitrogen and oxygen atoms in total. The van der Waals surface area contributed by atoms with Crippen molar-refractivity contribution in [2.45, 2.75) is 39.3 Å². The molecule has 3 N–H and O–H groups in total. The van der Waals surface area contributed by atoms with E-state index in [4.69, 9.17) is 4.74 Å². The van der Waals surface area contributed by atoms with Crippen molar-refractivity contribution in [3.63, 3.8) is 0 Å². The fourth-order valence-electron chi connectivity index (χ4n) is 4.27. The van der Waals surface area contributed by atoms with Crippen LogP contribution in [0.25, 0.3) is 10.9 Å². The van der Waals surface area contributed by atoms with Gasteiger partial charge in [0, 0.05) is 56.5 Å². The van der Waals surface area contributed by atoms with Gasteiger partial charge in [0.05, 0.1) is 12.7 Å². The van der Waals surface area contributed by atoms with Crippen LogP contribution in [0.15, 0.2) is 47.7 Å². The Morgan fingerprint density at radius 3 is 3.00 bits per heavy atom. The van der Waals surface area contributed by atoms with Gasteiger partial charge in [0.2, 0.25) is 0 Å². The molecule has 0 bridgehead atoms. The third-order valence-electron chi connectivity index (χ3n) is 6.01. The Labute approximate surface area is 190 Å². The SMILES string of the molecule is CCc1cccc2c(CCNC(=NC)NCc3ccnc(N4CCOC(C)C4)c3)c[nH]c12. The van der Waals surface area contributed by atoms with Crippen LogP contribution in [0.5, 0.6) is 0 Å². The van der Waals surface area contributed by atoms with Gasteiger partial charge in [-0.1, -0.05) is 25.1 Å². The fourth-order valence-corrected chi connectivity index (χ4v) is 4.27. The largest absolute Gasteiger partial charge is 0.375 e. The molecule has 1 aliphatic heterocycles. The minimum atomic E-state index is 0.237. The molecule has 1 saturated heterocycles. The van der Waals surface area contributed by atoms with Crippen LogP contribution in [-0.4, -0.2) is 55.3 Å². The van der Waals surface area contributed by atoms with Crippen molar-refractivity contribution < 1.29 is 4.74 Å². The van der Waals surface area contributed by atoms with Gasteiger partial charge in [-0.05, 0) is 48.6 Å². The van der Waals surface area contributed by atoms with Gasteiger partial charge in [-0.25, -0.2) is 4.98 Å². The predicted octanol–water partition coefficient (Wildman–Crippen LogP) is 3.26. The molecule has 0 saturated carbocycles. The number of guanidine groups is 1. The second-order valence-electron chi connectivity index (χ2n) is 8.26. The van der Waals surface area contributed by atoms with E-state index < -0.39 is 0 Å². The summed E-state index contributed by atoms with van der Waals surface area (Å²) < 4.78 is 5.64. The first kappa shape index (κ1) is 22.1. The minimum absolute atomic E-state index is 0.237. The minimum Gasteiger partial charge on any atom is -0.375 e. The second-order valence-corrected chi connectivity index (χ2v) is 8.26. The number of aromatic amines is 1. The standard InChI is InChI=1S/C25H34N6O/c1-4-20-6-5-7-22-21(16-29-24(20)22)9-11-28-25(26-3)30-15-19-8-10-27-23(14-19)31-12-13-32-18(2)17-31/h5-8,10,14,16,18,29H,4,9,11-13,15,17H2,1-3H3,(H2,26,28,30). The molecule has 7 heteroatoms. The Balaban J connectivity index is 1.30. The van der Waals surface area contributed by atoms with E-state index in [1.807, 2.05) is 19.3 Å². The predicted molar refractivity (Wildman–Crippen MR) is 131 cm³/mol. The lowest BCUT2D eigenvalue weighted by Gasteiger charge is -2.32. The van der Waals surface area contributed by atoms with Crippen molar-refractivity contribution >= 4 is 22.7 Å². The first-order valence-corrected chi connectivity index (χ1v) is 11.5. The number of aromatic nitrogens is 2. The molecule has 0 aliphatic carbocycles. The maximum absolute atomic E-state index is 5.64. The van der Waals surface area contributed by atoms with Crippen LogP contribution in [0.2, 0.25) is 0 Å². The zero-order valence-electron chi connectivity index (χ0n) is 19.3. The van der Waals surface area contributed by atoms with Crippen molar-refractivity contribution in [3.05, 3.63) is 59.4 Å². The summed E-state index contributed by atoms with van der Waals surface area (Å²) in [5.41, 5.74) is 5.13. The first-order valence-electron chi connectivity index (χ1n) is 11.5. The summed E-state index contributed by atoms with van der Waals surface area (Å²) in [6, 6.07) is 10.7. The maximum atomic E-state index is 5.64. The fraction of sp³-hybridized carbons (Fsp3) is 0.440. The molecule has 170 valence electrons. The van der Waals surface area contributed by atoms with Crippen molar-refractivity contribution in [2.24, 2.45) is 4.99 Å². The molecule has 1 unspecified atom stereocenters. The highest BCUT2D eigenvalue weighted by molar-refractivity contribution is 5.86. The molecule has 4 rings (SSSR count). The molecule has 1 aromatic carbocycles. The maximum Gasteiger partial charge on any atom is 0.191 e. The van der Waals surface area contributed by atoms with Gasteiger partial charge in [-0.2, -0.15) is 0 Å². The second kappa shape index (κ2) is 10.5. The molecule has 32 heavy (non-hydrogen) atoms. The van der Waals surface area contributed by atoms with Crippen LogP contribution >= 0.6 is 0 Å². The lowest BCUT2D eigenvalue weighted by Crippen LogP contribution is -2.41. The molecule has 0 radical (unpaired) electrons. The number of hydrogen-bond donors (Lipinski definition) is 3. The number of nitrogens with zero attached hydrogens (tertiary/aromatic N) is 3. The Bertz CT molecular complexity index is 1060. The number of aryl methyl sites for hydroxylation is 1. The number of benzene rings is 1. The molecule has 0 amide bonds. The van der Waals surface area contributed by atoms with Crippen molar-refractivity contribution in [1.29, 1.82) is 0 Å². The molecule has 1 aliphatic rings. The summed E-state index contributed by atoms with van der Waals surface area (Å²) in [6.07, 6.45) is 6.22. The number of pyridine rings is 1. The van der Waals surface area contributed by atoms with Crippen molar-refractivity contribution in [2.75, 3.05) is 38.2 Å². The van der Waals surface area contributed by atoms with Crippen molar-refractivity contribution in [1.82, 2.24) is 20.6 Å². The highest BCUT2D eigenvalue weighted by atomic mass is 16.5. The summed E-state index contributed by atoms with van der Waals surface area (Å²) in [5.74, 6) is 1.81. The van der Waals surface area contributed by atoms with Crippen LogP contribution in [-0.2, 0) is 24.1 Å². The number of morpholine rings is 1. The van der Waals surface area contributed by atoms with Gasteiger partial charge in [0.1, 0.15) is 5.82 Å². The monoisotopic (exact) mass is 434 g/mol. The molecular weight excluding hydrogens is 400 g/mol. The Hall–Kier alpha value is -3.06. The van der Waals surface area contributed by atoms with E-state index in [0.717, 1.165) is 50.9 Å². The van der Waals surface area contributed by atoms with Gasteiger partial charge in [0.15, 0.2) is 5.96 Å². The molecule has 3 heterocycles. The summed E-state index contributed by atoms with van der Waals surface area (Å²) >= 11 is 0. The lowest BCUT2D eigenvalue weighted by molar-refractivity contribution is 0.0529. The van der Waals surface area contributed by atoms with E-state index in [0.29, 0.717) is 6.54 Å². The Kier molecular flexibility index (Phi) is 7.27. The van der Waals surface area contributed by atoms with Gasteiger partial charge in [0.25, 0.3) is 0 Å². The number of rotatable bonds is 7. The van der Waals surface area contributed by atoms with E-state index in [1.54, 1.807) is 0 Å². The number of H-pyrrole nitrogens is 1. The molecular formula is C25H34N6O. The van der Waals surface area contributed by atoms with E-state index in [9.17, 15) is 0 Å². The molecule has 2 aromatic heterocycles. The molecule has 3 aromatic rings. The van der Waals surface area contributed by atoms with Crippen LogP contribution < -0.4 is 15.5 Å². The Morgan fingerprint density at radius 2 is 2.19 bits per heavy atom. The van der Waals surface area contributed by atoms with Gasteiger partial charge in [-0.15, -0.1) is 0 Å². The molecule has 1 fully saturated rings. The van der Waals surface area contributed by atoms with Crippen molar-refractivity contribution in [3.8, 4) is 0 Å². The van der Waals surface area contributed by atoms with Gasteiger partial charge in [-0.3, -0.25) is 4.99 Å². The first-order chi connectivity index (χ1) is 15.7. The summed E-state index contributed by atoms with van der Waals surface area (Å²) in [5, 5.41) is 8.17. The number of ether oxygens (including phenoxy) is 1. The normalized spacial score (nSPS) is 17.0. The number of anilines is 1. The van der Waals surface area contributed by atoms with E-state index in [1.165, 1.54) is 27.6 Å². The lowest BCUT2D eigenvalue weighted by atomic mass is 10.1. The van der Waals surface area contributed by atoms with Crippen LogP contribution in [0.4, 0.5) is 5.82 Å². The third kappa shape index (κ3) is 5.22. The van der Waals surface area contributed by atoms with Crippen LogP contribution in [0.1, 0.15) is 30.5 Å². The Morgan fingerprint density at radius 1 is 1.28 bits per heavy atom. The molecule has 1 atom stereocenters. The average Bonchev–Trinajstić information content (AvgIpc) is 3.24. The number of nitrogens with one attached hydrogen (secondary N) is 3. The number of fused-ring (bicyclic) bond motifs is 1. The smallest absolute Gasteiger partial charge is 0.191 e. The highest BCUT2D eigenvalue weighted by Gasteiger charge is 2.18. The summed E-state index contributed by atoms with van der Waals surface area (Å²) in [4.78, 5) is 14.7. The zero-order valence-corrected chi connectivity index (χ0v) is 19.3.